The molecule has 0 radical (unpaired) electrons. The monoisotopic (exact) mass is 1080 g/mol. The van der Waals surface area contributed by atoms with Crippen molar-refractivity contribution in [3.63, 3.8) is 0 Å². The highest BCUT2D eigenvalue weighted by molar-refractivity contribution is 6.12. The van der Waals surface area contributed by atoms with Crippen molar-refractivity contribution in [3.05, 3.63) is 65.8 Å². The molecule has 6 amide bonds. The predicted molar refractivity (Wildman–Crippen MR) is 282 cm³/mol. The smallest absolute Gasteiger partial charge is 0.312 e. The van der Waals surface area contributed by atoms with E-state index in [4.69, 9.17) is 24.7 Å². The molecule has 0 aromatic heterocycles. The van der Waals surface area contributed by atoms with Gasteiger partial charge in [0.15, 0.2) is 30.1 Å². The summed E-state index contributed by atoms with van der Waals surface area (Å²) in [6.45, 7) is 9.32. The Morgan fingerprint density at radius 1 is 0.910 bits per heavy atom. The molecule has 4 aliphatic carbocycles. The van der Waals surface area contributed by atoms with Gasteiger partial charge in [-0.25, -0.2) is 4.79 Å². The number of benzene rings is 1. The Morgan fingerprint density at radius 2 is 1.62 bits per heavy atom. The van der Waals surface area contributed by atoms with E-state index >= 15 is 0 Å². The first-order valence-corrected chi connectivity index (χ1v) is 27.7. The molecule has 20 heteroatoms. The number of nitrogens with zero attached hydrogens (tertiary/aromatic N) is 1. The lowest BCUT2D eigenvalue weighted by Gasteiger charge is -2.59. The number of nitrogens with one attached hydrogen (secondary N) is 3. The van der Waals surface area contributed by atoms with Crippen LogP contribution in [0.25, 0.3) is 0 Å². The van der Waals surface area contributed by atoms with Crippen LogP contribution < -0.4 is 21.7 Å². The van der Waals surface area contributed by atoms with Gasteiger partial charge in [0.25, 0.3) is 11.8 Å². The summed E-state index contributed by atoms with van der Waals surface area (Å²) in [5.74, 6) is -5.16. The fourth-order valence-corrected chi connectivity index (χ4v) is 13.2. The molecule has 0 bridgehead atoms. The largest absolute Gasteiger partial charge is 0.461 e. The third kappa shape index (κ3) is 13.2. The molecule has 1 aromatic carbocycles. The second-order valence-electron chi connectivity index (χ2n) is 22.6. The van der Waals surface area contributed by atoms with Crippen molar-refractivity contribution in [3.8, 4) is 0 Å². The molecule has 1 aromatic rings. The Kier molecular flexibility index (Phi) is 19.5. The van der Waals surface area contributed by atoms with E-state index in [2.05, 4.69) is 22.9 Å². The zero-order valence-electron chi connectivity index (χ0n) is 45.5. The number of carbonyl (C=O) groups excluding carboxylic acids is 10. The van der Waals surface area contributed by atoms with Crippen LogP contribution in [0.4, 0.5) is 10.5 Å². The van der Waals surface area contributed by atoms with Crippen molar-refractivity contribution in [1.29, 1.82) is 0 Å². The van der Waals surface area contributed by atoms with E-state index in [0.29, 0.717) is 56.2 Å². The summed E-state index contributed by atoms with van der Waals surface area (Å²) < 4.78 is 24.1. The Labute approximate surface area is 455 Å². The number of rotatable bonds is 27. The van der Waals surface area contributed by atoms with Gasteiger partial charge in [-0.15, -0.1) is 0 Å². The molecule has 2 heterocycles. The summed E-state index contributed by atoms with van der Waals surface area (Å²) in [6, 6.07) is 4.87. The number of allylic oxidation sites excluding steroid dienone is 4. The number of anilines is 1. The SMILES string of the molecule is CCCC1O[C@@H]2C[C@H]3[C@@H]4CCC5=CC(=O)C=C[C@]5(C)[C@H]4[C@@H](O)C[C@]3(C)[C@]2(C(=O)COC(=O)CCC(=O)OCc2ccc(NC(=O)[C@H](CCCNC(N)=O)CC(=O)[C@@H](NC(=O)CCCCCN3C(=O)C=CC3=O)C(C)C)cc2)O1. The number of carbonyl (C=O) groups is 10. The van der Waals surface area contributed by atoms with E-state index in [1.165, 1.54) is 12.2 Å². The van der Waals surface area contributed by atoms with Crippen LogP contribution >= 0.6 is 0 Å². The van der Waals surface area contributed by atoms with Crippen LogP contribution in [-0.4, -0.2) is 119 Å². The van der Waals surface area contributed by atoms with Crippen molar-refractivity contribution < 1.29 is 72.0 Å². The van der Waals surface area contributed by atoms with Crippen LogP contribution in [0.5, 0.6) is 0 Å². The minimum atomic E-state index is -1.47. The number of amides is 6. The number of ether oxygens (including phenoxy) is 4. The molecule has 7 rings (SSSR count). The normalized spacial score (nSPS) is 28.4. The number of aliphatic hydroxyl groups excluding tert-OH is 1. The Bertz CT molecular complexity index is 2560. The van der Waals surface area contributed by atoms with Crippen molar-refractivity contribution in [1.82, 2.24) is 15.5 Å². The molecule has 0 spiro atoms. The standard InChI is InChI=1S/C58H77N5O15/c1-6-11-51-77-45-30-41-40-19-16-37-29-39(64)24-25-56(37,4)52(40)43(66)31-57(41,5)58(45,78-51)44(67)33-76-50(72)23-22-49(71)75-32-35-14-17-38(18-15-35)61-54(73)36(12-10-26-60-55(59)74)28-42(65)53(34(2)3)62-46(68)13-8-7-9-27-63-47(69)20-21-48(63)70/h14-15,17-18,20-21,24-25,29,34,36,40-41,43,45,51-53,66H,6-13,16,19,22-23,26-28,30-33H2,1-5H3,(H,61,73)(H,62,68)(H3,59,60,74)/t36-,40+,41+,43+,45-,51?,52-,53+,56+,57+,58-/m1/s1. The van der Waals surface area contributed by atoms with Crippen molar-refractivity contribution >= 4 is 64.6 Å². The maximum Gasteiger partial charge on any atom is 0.312 e. The summed E-state index contributed by atoms with van der Waals surface area (Å²) in [6.07, 6.45) is 10.5. The van der Waals surface area contributed by atoms with Crippen molar-refractivity contribution in [2.24, 2.45) is 46.2 Å². The molecule has 6 N–H and O–H groups in total. The van der Waals surface area contributed by atoms with Crippen molar-refractivity contribution in [2.75, 3.05) is 25.0 Å². The van der Waals surface area contributed by atoms with Gasteiger partial charge >= 0.3 is 18.0 Å². The van der Waals surface area contributed by atoms with Gasteiger partial charge in [-0.05, 0) is 105 Å². The quantitative estimate of drug-likeness (QED) is 0.0420. The molecule has 6 aliphatic rings. The second-order valence-corrected chi connectivity index (χ2v) is 22.6. The summed E-state index contributed by atoms with van der Waals surface area (Å²) in [7, 11) is 0. The third-order valence-corrected chi connectivity index (χ3v) is 17.1. The molecule has 78 heavy (non-hydrogen) atoms. The lowest BCUT2D eigenvalue weighted by Crippen LogP contribution is -2.63. The number of unbranched alkanes of at least 4 members (excludes halogenated alkanes) is 2. The van der Waals surface area contributed by atoms with Crippen LogP contribution in [-0.2, 0) is 68.7 Å². The van der Waals surface area contributed by atoms with Gasteiger partial charge in [-0.1, -0.05) is 71.2 Å². The summed E-state index contributed by atoms with van der Waals surface area (Å²) >= 11 is 0. The van der Waals surface area contributed by atoms with Crippen LogP contribution in [0.3, 0.4) is 0 Å². The van der Waals surface area contributed by atoms with Crippen LogP contribution in [0.1, 0.15) is 136 Å². The lowest BCUT2D eigenvalue weighted by molar-refractivity contribution is -0.201. The fourth-order valence-electron chi connectivity index (χ4n) is 13.2. The van der Waals surface area contributed by atoms with E-state index in [-0.39, 0.29) is 111 Å². The van der Waals surface area contributed by atoms with E-state index in [1.807, 2.05) is 19.9 Å². The first-order chi connectivity index (χ1) is 37.1. The highest BCUT2D eigenvalue weighted by atomic mass is 16.7. The number of Topliss-reactive ketones (excluding diaryl/α,β-unsaturated/α-hetero) is 2. The van der Waals surface area contributed by atoms with Gasteiger partial charge in [0, 0.05) is 66.4 Å². The number of esters is 2. The number of fused-ring (bicyclic) bond motifs is 7. The zero-order chi connectivity index (χ0) is 56.5. The minimum Gasteiger partial charge on any atom is -0.461 e. The Morgan fingerprint density at radius 3 is 2.29 bits per heavy atom. The maximum atomic E-state index is 14.6. The van der Waals surface area contributed by atoms with Gasteiger partial charge in [0.1, 0.15) is 6.61 Å². The number of primary amides is 1. The first kappa shape index (κ1) is 59.3. The van der Waals surface area contributed by atoms with E-state index < -0.39 is 83.2 Å². The molecule has 1 saturated heterocycles. The van der Waals surface area contributed by atoms with Crippen LogP contribution in [0, 0.1) is 40.4 Å². The number of ketones is 3. The summed E-state index contributed by atoms with van der Waals surface area (Å²) in [5, 5.41) is 20.1. The molecular formula is C58H77N5O15. The lowest BCUT2D eigenvalue weighted by atomic mass is 9.46. The number of nitrogens with two attached hydrogens (primary N) is 1. The van der Waals surface area contributed by atoms with Gasteiger partial charge in [0.2, 0.25) is 17.6 Å². The van der Waals surface area contributed by atoms with E-state index in [0.717, 1.165) is 23.3 Å². The Hall–Kier alpha value is -6.38. The number of hydrogen-bond acceptors (Lipinski definition) is 15. The average Bonchev–Trinajstić information content (AvgIpc) is 4.10. The minimum absolute atomic E-state index is 0.0205. The average molecular weight is 1080 g/mol. The molecule has 1 unspecified atom stereocenters. The third-order valence-electron chi connectivity index (χ3n) is 17.1. The second kappa shape index (κ2) is 25.6. The van der Waals surface area contributed by atoms with Crippen LogP contribution in [0.2, 0.25) is 0 Å². The fraction of sp³-hybridized carbons (Fsp3) is 0.621. The molecule has 11 atom stereocenters. The maximum absolute atomic E-state index is 14.6. The highest BCUT2D eigenvalue weighted by Gasteiger charge is 2.76. The van der Waals surface area contributed by atoms with Gasteiger partial charge in [-0.3, -0.25) is 48.1 Å². The molecule has 424 valence electrons. The number of hydrogen-bond donors (Lipinski definition) is 5. The first-order valence-electron chi connectivity index (χ1n) is 27.7. The molecular weight excluding hydrogens is 1010 g/mol. The predicted octanol–water partition coefficient (Wildman–Crippen LogP) is 5.38. The van der Waals surface area contributed by atoms with Gasteiger partial charge < -0.3 is 45.7 Å². The molecule has 2 aliphatic heterocycles. The summed E-state index contributed by atoms with van der Waals surface area (Å²) in [5.41, 5.74) is 4.40. The van der Waals surface area contributed by atoms with E-state index in [9.17, 15) is 53.1 Å². The van der Waals surface area contributed by atoms with Gasteiger partial charge in [-0.2, -0.15) is 0 Å². The molecule has 4 fully saturated rings. The molecule has 3 saturated carbocycles. The molecule has 20 nitrogen and oxygen atoms in total. The van der Waals surface area contributed by atoms with Gasteiger partial charge in [0.05, 0.1) is 31.1 Å². The zero-order valence-corrected chi connectivity index (χ0v) is 45.5. The number of aliphatic hydroxyl groups is 1. The topological polar surface area (TPSA) is 293 Å². The van der Waals surface area contributed by atoms with E-state index in [1.54, 1.807) is 50.3 Å². The number of imide groups is 1. The highest BCUT2D eigenvalue weighted by Crippen LogP contribution is 2.69. The number of urea groups is 1. The summed E-state index contributed by atoms with van der Waals surface area (Å²) in [4.78, 5) is 129. The van der Waals surface area contributed by atoms with Crippen molar-refractivity contribution in [2.45, 2.75) is 168 Å². The van der Waals surface area contributed by atoms with Crippen LogP contribution in [0.15, 0.2) is 60.2 Å². The Balaban J connectivity index is 0.870.